The molecule has 1 heterocycles. The molecule has 0 unspecified atom stereocenters. The van der Waals surface area contributed by atoms with E-state index in [1.54, 1.807) is 23.1 Å². The lowest BCUT2D eigenvalue weighted by atomic mass is 10.1. The number of nitrogens with zero attached hydrogens (tertiary/aromatic N) is 2. The average Bonchev–Trinajstić information content (AvgIpc) is 2.76. The molecule has 0 N–H and O–H groups in total. The molecule has 1 fully saturated rings. The summed E-state index contributed by atoms with van der Waals surface area (Å²) in [6.07, 6.45) is -2.45. The molecule has 1 amide bonds. The van der Waals surface area contributed by atoms with Crippen LogP contribution in [0.2, 0.25) is 0 Å². The second-order valence-electron chi connectivity index (χ2n) is 7.61. The summed E-state index contributed by atoms with van der Waals surface area (Å²) in [6, 6.07) is 11.3. The van der Waals surface area contributed by atoms with E-state index in [4.69, 9.17) is 4.74 Å². The molecule has 0 atom stereocenters. The molecule has 3 rings (SSSR count). The van der Waals surface area contributed by atoms with E-state index < -0.39 is 21.6 Å². The molecule has 32 heavy (non-hydrogen) atoms. The van der Waals surface area contributed by atoms with Gasteiger partial charge in [0.05, 0.1) is 17.1 Å². The van der Waals surface area contributed by atoms with Gasteiger partial charge in [0.1, 0.15) is 5.75 Å². The van der Waals surface area contributed by atoms with Crippen LogP contribution in [0.1, 0.15) is 18.4 Å². The van der Waals surface area contributed by atoms with Gasteiger partial charge in [-0.15, -0.1) is 0 Å². The molecule has 1 aliphatic rings. The van der Waals surface area contributed by atoms with E-state index in [9.17, 15) is 26.4 Å². The lowest BCUT2D eigenvalue weighted by Crippen LogP contribution is -2.48. The number of benzene rings is 2. The normalized spacial score (nSPS) is 15.0. The number of carbonyl (C=O) groups is 1. The summed E-state index contributed by atoms with van der Waals surface area (Å²) < 4.78 is 67.2. The standard InChI is InChI=1S/C22H25F3N2O4S/c1-32(29,30)20-9-7-19(8-10-20)31-15-3-6-21(28)27-13-11-26(12-14-27)18-5-2-4-17(16-18)22(23,24)25/h2,4-5,7-10,16H,3,6,11-15H2,1H3. The van der Waals surface area contributed by atoms with Gasteiger partial charge in [0.2, 0.25) is 5.91 Å². The molecule has 2 aromatic carbocycles. The molecule has 10 heteroatoms. The number of anilines is 1. The topological polar surface area (TPSA) is 66.9 Å². The first-order valence-electron chi connectivity index (χ1n) is 10.2. The molecule has 0 aliphatic carbocycles. The van der Waals surface area contributed by atoms with Crippen LogP contribution in [0.25, 0.3) is 0 Å². The van der Waals surface area contributed by atoms with Gasteiger partial charge in [0, 0.05) is 44.5 Å². The fraction of sp³-hybridized carbons (Fsp3) is 0.409. The maximum atomic E-state index is 12.9. The third-order valence-corrected chi connectivity index (χ3v) is 6.36. The van der Waals surface area contributed by atoms with Crippen LogP contribution in [-0.2, 0) is 20.8 Å². The van der Waals surface area contributed by atoms with E-state index in [0.717, 1.165) is 18.4 Å². The number of alkyl halides is 3. The summed E-state index contributed by atoms with van der Waals surface area (Å²) in [5.74, 6) is 0.504. The number of sulfone groups is 1. The van der Waals surface area contributed by atoms with Crippen LogP contribution in [0.4, 0.5) is 18.9 Å². The minimum Gasteiger partial charge on any atom is -0.494 e. The second-order valence-corrected chi connectivity index (χ2v) is 9.63. The van der Waals surface area contributed by atoms with Gasteiger partial charge in [0.25, 0.3) is 0 Å². The Bertz CT molecular complexity index is 1030. The van der Waals surface area contributed by atoms with Crippen LogP contribution >= 0.6 is 0 Å². The van der Waals surface area contributed by atoms with Crippen molar-refractivity contribution in [2.75, 3.05) is 43.9 Å². The third-order valence-electron chi connectivity index (χ3n) is 5.23. The van der Waals surface area contributed by atoms with Crippen LogP contribution in [0, 0.1) is 0 Å². The molecule has 0 spiro atoms. The molecule has 2 aromatic rings. The predicted molar refractivity (Wildman–Crippen MR) is 115 cm³/mol. The maximum Gasteiger partial charge on any atom is 0.416 e. The number of carbonyl (C=O) groups excluding carboxylic acids is 1. The number of hydrogen-bond donors (Lipinski definition) is 0. The summed E-state index contributed by atoms with van der Waals surface area (Å²) in [6.45, 7) is 2.15. The highest BCUT2D eigenvalue weighted by Gasteiger charge is 2.31. The van der Waals surface area contributed by atoms with Crippen LogP contribution in [0.5, 0.6) is 5.75 Å². The number of piperazine rings is 1. The van der Waals surface area contributed by atoms with E-state index in [-0.39, 0.29) is 10.8 Å². The minimum atomic E-state index is -4.38. The maximum absolute atomic E-state index is 12.9. The van der Waals surface area contributed by atoms with Gasteiger partial charge in [-0.2, -0.15) is 13.2 Å². The van der Waals surface area contributed by atoms with Crippen LogP contribution in [-0.4, -0.2) is 58.3 Å². The highest BCUT2D eigenvalue weighted by molar-refractivity contribution is 7.90. The first kappa shape index (κ1) is 23.9. The Hall–Kier alpha value is -2.75. The Morgan fingerprint density at radius 2 is 1.69 bits per heavy atom. The fourth-order valence-corrected chi connectivity index (χ4v) is 4.08. The lowest BCUT2D eigenvalue weighted by Gasteiger charge is -2.36. The van der Waals surface area contributed by atoms with E-state index in [2.05, 4.69) is 0 Å². The minimum absolute atomic E-state index is 0.0234. The number of ether oxygens (including phenoxy) is 1. The quantitative estimate of drug-likeness (QED) is 0.579. The van der Waals surface area contributed by atoms with Crippen LogP contribution in [0.3, 0.4) is 0 Å². The molecule has 6 nitrogen and oxygen atoms in total. The van der Waals surface area contributed by atoms with Crippen molar-refractivity contribution in [2.24, 2.45) is 0 Å². The van der Waals surface area contributed by atoms with E-state index in [1.165, 1.54) is 18.2 Å². The highest BCUT2D eigenvalue weighted by atomic mass is 32.2. The van der Waals surface area contributed by atoms with E-state index in [1.807, 2.05) is 4.90 Å². The fourth-order valence-electron chi connectivity index (χ4n) is 3.45. The van der Waals surface area contributed by atoms with Crippen molar-refractivity contribution in [3.8, 4) is 5.75 Å². The second kappa shape index (κ2) is 9.81. The Balaban J connectivity index is 1.41. The Morgan fingerprint density at radius 3 is 2.28 bits per heavy atom. The summed E-state index contributed by atoms with van der Waals surface area (Å²) in [5.41, 5.74) is -0.179. The Morgan fingerprint density at radius 1 is 1.03 bits per heavy atom. The third kappa shape index (κ3) is 6.38. The van der Waals surface area contributed by atoms with Crippen molar-refractivity contribution >= 4 is 21.4 Å². The molecule has 174 valence electrons. The van der Waals surface area contributed by atoms with Crippen LogP contribution in [0.15, 0.2) is 53.4 Å². The van der Waals surface area contributed by atoms with Gasteiger partial charge in [-0.25, -0.2) is 8.42 Å². The van der Waals surface area contributed by atoms with Crippen molar-refractivity contribution in [3.63, 3.8) is 0 Å². The first-order valence-corrected chi connectivity index (χ1v) is 12.1. The predicted octanol–water partition coefficient (Wildman–Crippen LogP) is 3.62. The van der Waals surface area contributed by atoms with Gasteiger partial charge >= 0.3 is 6.18 Å². The summed E-state index contributed by atoms with van der Waals surface area (Å²) in [5, 5.41) is 0. The molecule has 1 saturated heterocycles. The van der Waals surface area contributed by atoms with Gasteiger partial charge in [0.15, 0.2) is 9.84 Å². The van der Waals surface area contributed by atoms with Gasteiger partial charge in [-0.3, -0.25) is 4.79 Å². The van der Waals surface area contributed by atoms with Gasteiger partial charge in [-0.05, 0) is 48.9 Å². The first-order chi connectivity index (χ1) is 15.0. The van der Waals surface area contributed by atoms with Crippen molar-refractivity contribution in [3.05, 3.63) is 54.1 Å². The largest absolute Gasteiger partial charge is 0.494 e. The van der Waals surface area contributed by atoms with Gasteiger partial charge < -0.3 is 14.5 Å². The monoisotopic (exact) mass is 470 g/mol. The number of halogens is 3. The smallest absolute Gasteiger partial charge is 0.416 e. The van der Waals surface area contributed by atoms with E-state index >= 15 is 0 Å². The van der Waals surface area contributed by atoms with Crippen molar-refractivity contribution in [1.82, 2.24) is 4.90 Å². The number of rotatable bonds is 7. The summed E-state index contributed by atoms with van der Waals surface area (Å²) in [7, 11) is -3.26. The molecule has 0 radical (unpaired) electrons. The molecular formula is C22H25F3N2O4S. The zero-order valence-corrected chi connectivity index (χ0v) is 18.5. The van der Waals surface area contributed by atoms with Crippen LogP contribution < -0.4 is 9.64 Å². The number of hydrogen-bond acceptors (Lipinski definition) is 5. The van der Waals surface area contributed by atoms with Gasteiger partial charge in [-0.1, -0.05) is 6.07 Å². The Labute approximate surface area is 185 Å². The SMILES string of the molecule is CS(=O)(=O)c1ccc(OCCCC(=O)N2CCN(c3cccc(C(F)(F)F)c3)CC2)cc1. The van der Waals surface area contributed by atoms with Crippen molar-refractivity contribution < 1.29 is 31.1 Å². The molecule has 0 aromatic heterocycles. The van der Waals surface area contributed by atoms with Crippen molar-refractivity contribution in [2.45, 2.75) is 23.9 Å². The molecule has 0 saturated carbocycles. The lowest BCUT2D eigenvalue weighted by molar-refractivity contribution is -0.137. The van der Waals surface area contributed by atoms with E-state index in [0.29, 0.717) is 57.1 Å². The summed E-state index contributed by atoms with van der Waals surface area (Å²) in [4.78, 5) is 16.2. The average molecular weight is 471 g/mol. The number of amides is 1. The Kier molecular flexibility index (Phi) is 7.33. The molecule has 1 aliphatic heterocycles. The molecular weight excluding hydrogens is 445 g/mol. The zero-order chi connectivity index (χ0) is 23.4. The molecule has 0 bridgehead atoms. The van der Waals surface area contributed by atoms with Crippen molar-refractivity contribution in [1.29, 1.82) is 0 Å². The zero-order valence-electron chi connectivity index (χ0n) is 17.6. The summed E-state index contributed by atoms with van der Waals surface area (Å²) >= 11 is 0. The highest BCUT2D eigenvalue weighted by Crippen LogP contribution is 2.31.